The zero-order valence-corrected chi connectivity index (χ0v) is 11.8. The van der Waals surface area contributed by atoms with Crippen molar-refractivity contribution in [1.82, 2.24) is 0 Å². The van der Waals surface area contributed by atoms with Gasteiger partial charge in [0.2, 0.25) is 9.84 Å². The molecule has 0 aliphatic carbocycles. The molecule has 1 aliphatic heterocycles. The maximum Gasteiger partial charge on any atom is 0.341 e. The Kier molecular flexibility index (Phi) is 4.67. The molecule has 0 atom stereocenters. The maximum atomic E-state index is 12.4. The molecule has 106 valence electrons. The number of sulfone groups is 1. The van der Waals surface area contributed by atoms with Crippen LogP contribution in [-0.4, -0.2) is 31.7 Å². The number of rotatable bonds is 4. The minimum Gasteiger partial charge on any atom is -0.382 e. The van der Waals surface area contributed by atoms with Crippen LogP contribution >= 0.6 is 11.8 Å². The van der Waals surface area contributed by atoms with Crippen molar-refractivity contribution < 1.29 is 17.2 Å². The van der Waals surface area contributed by atoms with Gasteiger partial charge in [-0.25, -0.2) is 8.42 Å². The fourth-order valence-corrected chi connectivity index (χ4v) is 3.75. The molecule has 0 radical (unpaired) electrons. The van der Waals surface area contributed by atoms with Crippen LogP contribution in [0.4, 0.5) is 14.5 Å². The van der Waals surface area contributed by atoms with Crippen molar-refractivity contribution in [1.29, 1.82) is 0 Å². The molecule has 0 spiro atoms. The third-order valence-electron chi connectivity index (χ3n) is 3.01. The van der Waals surface area contributed by atoms with Crippen molar-refractivity contribution >= 4 is 27.3 Å². The first-order valence-corrected chi connectivity index (χ1v) is 8.66. The summed E-state index contributed by atoms with van der Waals surface area (Å²) >= 11 is 1.92. The van der Waals surface area contributed by atoms with Crippen LogP contribution in [-0.2, 0) is 9.84 Å². The summed E-state index contributed by atoms with van der Waals surface area (Å²) in [6.07, 6.45) is 2.11. The Balaban J connectivity index is 2.06. The molecule has 19 heavy (non-hydrogen) atoms. The van der Waals surface area contributed by atoms with E-state index in [-0.39, 0.29) is 4.90 Å². The van der Waals surface area contributed by atoms with Crippen molar-refractivity contribution in [2.24, 2.45) is 0 Å². The summed E-state index contributed by atoms with van der Waals surface area (Å²) < 4.78 is 47.3. The number of anilines is 1. The molecule has 1 N–H and O–H groups in total. The van der Waals surface area contributed by atoms with Crippen molar-refractivity contribution in [2.45, 2.75) is 29.5 Å². The van der Waals surface area contributed by atoms with Gasteiger partial charge < -0.3 is 5.32 Å². The Morgan fingerprint density at radius 3 is 2.26 bits per heavy atom. The standard InChI is InChI=1S/C12H15F2NO2S2/c13-12(14)19(16,17)11-3-1-9(2-4-11)15-10-5-7-18-8-6-10/h1-4,10,12,15H,5-8H2. The number of hydrogen-bond donors (Lipinski definition) is 1. The van der Waals surface area contributed by atoms with E-state index in [1.54, 1.807) is 0 Å². The van der Waals surface area contributed by atoms with Crippen molar-refractivity contribution in [3.05, 3.63) is 24.3 Å². The van der Waals surface area contributed by atoms with Gasteiger partial charge in [-0.2, -0.15) is 20.5 Å². The molecule has 1 heterocycles. The second kappa shape index (κ2) is 6.09. The first kappa shape index (κ1) is 14.6. The predicted octanol–water partition coefficient (Wildman–Crippen LogP) is 2.99. The lowest BCUT2D eigenvalue weighted by molar-refractivity contribution is 0.234. The van der Waals surface area contributed by atoms with Crippen LogP contribution < -0.4 is 5.32 Å². The predicted molar refractivity (Wildman–Crippen MR) is 73.6 cm³/mol. The van der Waals surface area contributed by atoms with Gasteiger partial charge in [-0.1, -0.05) is 0 Å². The van der Waals surface area contributed by atoms with E-state index >= 15 is 0 Å². The Hall–Kier alpha value is -0.820. The van der Waals surface area contributed by atoms with Gasteiger partial charge in [0.1, 0.15) is 0 Å². The molecular weight excluding hydrogens is 292 g/mol. The highest BCUT2D eigenvalue weighted by atomic mass is 32.2. The molecule has 0 amide bonds. The van der Waals surface area contributed by atoms with Gasteiger partial charge in [0, 0.05) is 11.7 Å². The van der Waals surface area contributed by atoms with E-state index in [4.69, 9.17) is 0 Å². The van der Waals surface area contributed by atoms with Gasteiger partial charge >= 0.3 is 5.76 Å². The summed E-state index contributed by atoms with van der Waals surface area (Å²) in [5, 5.41) is 3.29. The van der Waals surface area contributed by atoms with Crippen LogP contribution in [0.15, 0.2) is 29.2 Å². The maximum absolute atomic E-state index is 12.4. The lowest BCUT2D eigenvalue weighted by atomic mass is 10.1. The Morgan fingerprint density at radius 2 is 1.74 bits per heavy atom. The van der Waals surface area contributed by atoms with Crippen molar-refractivity contribution in [2.75, 3.05) is 16.8 Å². The van der Waals surface area contributed by atoms with Crippen LogP contribution in [0.25, 0.3) is 0 Å². The van der Waals surface area contributed by atoms with E-state index in [2.05, 4.69) is 5.32 Å². The lowest BCUT2D eigenvalue weighted by Crippen LogP contribution is -2.24. The molecular formula is C12H15F2NO2S2. The summed E-state index contributed by atoms with van der Waals surface area (Å²) in [5.41, 5.74) is 0.769. The zero-order valence-electron chi connectivity index (χ0n) is 10.2. The van der Waals surface area contributed by atoms with E-state index in [9.17, 15) is 17.2 Å². The minimum atomic E-state index is -4.49. The molecule has 1 saturated heterocycles. The Morgan fingerprint density at radius 1 is 1.16 bits per heavy atom. The van der Waals surface area contributed by atoms with Crippen LogP contribution in [0.3, 0.4) is 0 Å². The van der Waals surface area contributed by atoms with Crippen LogP contribution in [0.5, 0.6) is 0 Å². The molecule has 1 aromatic rings. The molecule has 2 rings (SSSR count). The number of benzene rings is 1. The van der Waals surface area contributed by atoms with E-state index < -0.39 is 15.6 Å². The summed E-state index contributed by atoms with van der Waals surface area (Å²) in [7, 11) is -4.49. The number of thioether (sulfide) groups is 1. The summed E-state index contributed by atoms with van der Waals surface area (Å²) in [4.78, 5) is -0.341. The first-order chi connectivity index (χ1) is 9.00. The molecule has 1 aromatic carbocycles. The van der Waals surface area contributed by atoms with Crippen LogP contribution in [0.2, 0.25) is 0 Å². The second-order valence-electron chi connectivity index (χ2n) is 4.36. The van der Waals surface area contributed by atoms with E-state index in [0.717, 1.165) is 30.0 Å². The highest BCUT2D eigenvalue weighted by molar-refractivity contribution is 7.99. The Labute approximate surface area is 115 Å². The van der Waals surface area contributed by atoms with E-state index in [0.29, 0.717) is 6.04 Å². The normalized spacial score (nSPS) is 17.6. The fourth-order valence-electron chi connectivity index (χ4n) is 1.92. The molecule has 7 heteroatoms. The smallest absolute Gasteiger partial charge is 0.341 e. The highest BCUT2D eigenvalue weighted by Gasteiger charge is 2.26. The van der Waals surface area contributed by atoms with Gasteiger partial charge in [-0.3, -0.25) is 0 Å². The Bertz CT molecular complexity index is 511. The van der Waals surface area contributed by atoms with E-state index in [1.165, 1.54) is 24.3 Å². The number of alkyl halides is 2. The molecule has 1 fully saturated rings. The first-order valence-electron chi connectivity index (χ1n) is 5.96. The number of halogens is 2. The van der Waals surface area contributed by atoms with Crippen molar-refractivity contribution in [3.8, 4) is 0 Å². The number of nitrogens with one attached hydrogen (secondary N) is 1. The zero-order chi connectivity index (χ0) is 13.9. The van der Waals surface area contributed by atoms with Gasteiger partial charge in [0.25, 0.3) is 0 Å². The van der Waals surface area contributed by atoms with Crippen LogP contribution in [0.1, 0.15) is 12.8 Å². The summed E-state index contributed by atoms with van der Waals surface area (Å²) in [6.45, 7) is 0. The topological polar surface area (TPSA) is 46.2 Å². The third kappa shape index (κ3) is 3.60. The SMILES string of the molecule is O=S(=O)(c1ccc(NC2CCSCC2)cc1)C(F)F. The molecule has 0 aromatic heterocycles. The second-order valence-corrected chi connectivity index (χ2v) is 7.50. The average Bonchev–Trinajstić information content (AvgIpc) is 2.40. The molecule has 1 aliphatic rings. The van der Waals surface area contributed by atoms with Gasteiger partial charge in [0.15, 0.2) is 0 Å². The van der Waals surface area contributed by atoms with Gasteiger partial charge in [-0.05, 0) is 48.6 Å². The molecule has 3 nitrogen and oxygen atoms in total. The minimum absolute atomic E-state index is 0.341. The summed E-state index contributed by atoms with van der Waals surface area (Å²) in [5.74, 6) is -1.16. The van der Waals surface area contributed by atoms with Crippen molar-refractivity contribution in [3.63, 3.8) is 0 Å². The largest absolute Gasteiger partial charge is 0.382 e. The quantitative estimate of drug-likeness (QED) is 0.929. The monoisotopic (exact) mass is 307 g/mol. The molecule has 0 bridgehead atoms. The third-order valence-corrected chi connectivity index (χ3v) is 5.46. The molecule has 0 unspecified atom stereocenters. The average molecular weight is 307 g/mol. The highest BCUT2D eigenvalue weighted by Crippen LogP contribution is 2.23. The fraction of sp³-hybridized carbons (Fsp3) is 0.500. The van der Waals surface area contributed by atoms with E-state index in [1.807, 2.05) is 11.8 Å². The molecule has 0 saturated carbocycles. The summed E-state index contributed by atoms with van der Waals surface area (Å²) in [6, 6.07) is 5.90. The van der Waals surface area contributed by atoms with Gasteiger partial charge in [0.05, 0.1) is 4.90 Å². The number of hydrogen-bond acceptors (Lipinski definition) is 4. The van der Waals surface area contributed by atoms with Gasteiger partial charge in [-0.15, -0.1) is 0 Å². The lowest BCUT2D eigenvalue weighted by Gasteiger charge is -2.23. The van der Waals surface area contributed by atoms with Crippen LogP contribution in [0, 0.1) is 0 Å².